The minimum absolute atomic E-state index is 0.118. The van der Waals surface area contributed by atoms with E-state index in [1.165, 1.54) is 10.5 Å². The van der Waals surface area contributed by atoms with Crippen LogP contribution >= 0.6 is 15.9 Å². The molecule has 1 amide bonds. The first kappa shape index (κ1) is 22.3. The molecule has 0 unspecified atom stereocenters. The van der Waals surface area contributed by atoms with Gasteiger partial charge in [0, 0.05) is 0 Å². The molecule has 1 aliphatic heterocycles. The smallest absolute Gasteiger partial charge is 0.295 e. The number of ether oxygens (including phenoxy) is 3. The monoisotopic (exact) mass is 476 g/mol. The molecule has 30 heavy (non-hydrogen) atoms. The molecular formula is C22H27BrN3O4+. The summed E-state index contributed by atoms with van der Waals surface area (Å²) in [5.74, 6) is 1.09. The van der Waals surface area contributed by atoms with Crippen molar-refractivity contribution in [3.63, 3.8) is 0 Å². The zero-order chi connectivity index (χ0) is 21.3. The number of hydrazone groups is 1. The molecule has 0 aliphatic carbocycles. The summed E-state index contributed by atoms with van der Waals surface area (Å²) in [6.07, 6.45) is 1.59. The van der Waals surface area contributed by atoms with Crippen molar-refractivity contribution in [2.45, 2.75) is 13.5 Å². The fraction of sp³-hybridized carbons (Fsp3) is 0.364. The number of morpholine rings is 1. The lowest BCUT2D eigenvalue weighted by molar-refractivity contribution is -0.900. The Morgan fingerprint density at radius 2 is 2.00 bits per heavy atom. The number of aryl methyl sites for hydroxylation is 1. The van der Waals surface area contributed by atoms with Crippen molar-refractivity contribution in [1.82, 2.24) is 5.43 Å². The van der Waals surface area contributed by atoms with Crippen LogP contribution in [0.25, 0.3) is 0 Å². The van der Waals surface area contributed by atoms with Gasteiger partial charge in [0.15, 0.2) is 18.0 Å². The van der Waals surface area contributed by atoms with Gasteiger partial charge in [0.1, 0.15) is 19.7 Å². The zero-order valence-corrected chi connectivity index (χ0v) is 18.8. The van der Waals surface area contributed by atoms with Crippen molar-refractivity contribution >= 4 is 28.1 Å². The summed E-state index contributed by atoms with van der Waals surface area (Å²) in [4.78, 5) is 13.2. The predicted molar refractivity (Wildman–Crippen MR) is 118 cm³/mol. The Hall–Kier alpha value is -2.42. The Bertz CT molecular complexity index is 881. The summed E-state index contributed by atoms with van der Waals surface area (Å²) in [5, 5.41) is 4.07. The number of carbonyl (C=O) groups excluding carboxylic acids is 1. The number of hydrogen-bond donors (Lipinski definition) is 2. The quantitative estimate of drug-likeness (QED) is 0.449. The first-order chi connectivity index (χ1) is 14.5. The van der Waals surface area contributed by atoms with Crippen LogP contribution in [0.15, 0.2) is 46.0 Å². The second kappa shape index (κ2) is 11.1. The summed E-state index contributed by atoms with van der Waals surface area (Å²) in [6, 6.07) is 11.9. The fourth-order valence-corrected chi connectivity index (χ4v) is 3.65. The molecule has 0 aromatic heterocycles. The second-order valence-electron chi connectivity index (χ2n) is 7.14. The largest absolute Gasteiger partial charge is 0.493 e. The zero-order valence-electron chi connectivity index (χ0n) is 17.2. The van der Waals surface area contributed by atoms with E-state index >= 15 is 0 Å². The van der Waals surface area contributed by atoms with Crippen LogP contribution in [0.5, 0.6) is 11.5 Å². The van der Waals surface area contributed by atoms with Crippen molar-refractivity contribution in [3.8, 4) is 11.5 Å². The summed E-state index contributed by atoms with van der Waals surface area (Å²) < 4.78 is 17.5. The minimum atomic E-state index is -0.118. The van der Waals surface area contributed by atoms with E-state index in [2.05, 4.69) is 45.5 Å². The molecule has 0 radical (unpaired) electrons. The second-order valence-corrected chi connectivity index (χ2v) is 8.00. The van der Waals surface area contributed by atoms with Gasteiger partial charge in [-0.2, -0.15) is 5.10 Å². The molecule has 160 valence electrons. The third-order valence-corrected chi connectivity index (χ3v) is 5.36. The van der Waals surface area contributed by atoms with E-state index in [-0.39, 0.29) is 5.91 Å². The van der Waals surface area contributed by atoms with E-state index in [1.54, 1.807) is 13.3 Å². The number of nitrogens with one attached hydrogen (secondary N) is 2. The van der Waals surface area contributed by atoms with Crippen molar-refractivity contribution in [2.24, 2.45) is 5.10 Å². The molecule has 1 aliphatic rings. The highest BCUT2D eigenvalue weighted by molar-refractivity contribution is 9.10. The lowest BCUT2D eigenvalue weighted by Gasteiger charge is -2.22. The molecule has 2 aromatic rings. The van der Waals surface area contributed by atoms with Gasteiger partial charge in [-0.05, 0) is 46.1 Å². The van der Waals surface area contributed by atoms with Gasteiger partial charge in [-0.15, -0.1) is 0 Å². The number of nitrogens with zero attached hydrogens (tertiary/aromatic N) is 1. The van der Waals surface area contributed by atoms with Crippen LogP contribution in [-0.2, 0) is 16.1 Å². The first-order valence-electron chi connectivity index (χ1n) is 9.84. The van der Waals surface area contributed by atoms with Gasteiger partial charge in [0.2, 0.25) is 0 Å². The van der Waals surface area contributed by atoms with Crippen molar-refractivity contribution in [1.29, 1.82) is 0 Å². The molecule has 1 heterocycles. The molecule has 1 fully saturated rings. The highest BCUT2D eigenvalue weighted by Crippen LogP contribution is 2.36. The summed E-state index contributed by atoms with van der Waals surface area (Å²) in [7, 11) is 1.59. The van der Waals surface area contributed by atoms with Crippen molar-refractivity contribution < 1.29 is 23.9 Å². The van der Waals surface area contributed by atoms with Gasteiger partial charge in [-0.3, -0.25) is 4.79 Å². The van der Waals surface area contributed by atoms with Crippen molar-refractivity contribution in [2.75, 3.05) is 40.0 Å². The molecule has 0 spiro atoms. The maximum Gasteiger partial charge on any atom is 0.295 e. The third-order valence-electron chi connectivity index (χ3n) is 4.77. The lowest BCUT2D eigenvalue weighted by atomic mass is 10.2. The molecule has 3 rings (SSSR count). The number of benzene rings is 2. The molecular weight excluding hydrogens is 450 g/mol. The van der Waals surface area contributed by atoms with Crippen LogP contribution in [0.4, 0.5) is 0 Å². The number of rotatable bonds is 8. The van der Waals surface area contributed by atoms with Gasteiger partial charge in [-0.25, -0.2) is 5.43 Å². The molecule has 2 aromatic carbocycles. The number of methoxy groups -OCH3 is 1. The maximum atomic E-state index is 12.0. The highest BCUT2D eigenvalue weighted by atomic mass is 79.9. The molecule has 2 N–H and O–H groups in total. The van der Waals surface area contributed by atoms with Crippen LogP contribution in [0.1, 0.15) is 16.7 Å². The van der Waals surface area contributed by atoms with Crippen LogP contribution < -0.4 is 19.8 Å². The first-order valence-corrected chi connectivity index (χ1v) is 10.6. The Balaban J connectivity index is 1.59. The Morgan fingerprint density at radius 3 is 2.70 bits per heavy atom. The molecule has 7 nitrogen and oxygen atoms in total. The van der Waals surface area contributed by atoms with E-state index < -0.39 is 0 Å². The number of quaternary nitrogens is 1. The average molecular weight is 477 g/mol. The summed E-state index contributed by atoms with van der Waals surface area (Å²) >= 11 is 3.54. The molecule has 0 bridgehead atoms. The van der Waals surface area contributed by atoms with Gasteiger partial charge < -0.3 is 19.1 Å². The molecule has 8 heteroatoms. The minimum Gasteiger partial charge on any atom is -0.493 e. The van der Waals surface area contributed by atoms with Crippen molar-refractivity contribution in [3.05, 3.63) is 57.6 Å². The van der Waals surface area contributed by atoms with E-state index in [0.29, 0.717) is 37.9 Å². The Kier molecular flexibility index (Phi) is 8.24. The van der Waals surface area contributed by atoms with Crippen LogP contribution in [-0.4, -0.2) is 52.1 Å². The summed E-state index contributed by atoms with van der Waals surface area (Å²) in [6.45, 7) is 5.94. The van der Waals surface area contributed by atoms with E-state index in [1.807, 2.05) is 24.3 Å². The van der Waals surface area contributed by atoms with Crippen LogP contribution in [0, 0.1) is 6.92 Å². The van der Waals surface area contributed by atoms with E-state index in [0.717, 1.165) is 28.7 Å². The van der Waals surface area contributed by atoms with Gasteiger partial charge >= 0.3 is 0 Å². The Labute approximate surface area is 185 Å². The normalized spacial score (nSPS) is 14.6. The SMILES string of the molecule is COc1cc(C=NNC(=O)C[NH+]2CCOCC2)cc(Br)c1OCc1ccc(C)cc1. The van der Waals surface area contributed by atoms with Crippen LogP contribution in [0.3, 0.4) is 0 Å². The highest BCUT2D eigenvalue weighted by Gasteiger charge is 2.17. The van der Waals surface area contributed by atoms with E-state index in [9.17, 15) is 4.79 Å². The molecule has 1 saturated heterocycles. The maximum absolute atomic E-state index is 12.0. The lowest BCUT2D eigenvalue weighted by Crippen LogP contribution is -3.15. The molecule has 0 atom stereocenters. The topological polar surface area (TPSA) is 73.6 Å². The number of carbonyl (C=O) groups is 1. The number of hydrogen-bond acceptors (Lipinski definition) is 5. The predicted octanol–water partition coefficient (Wildman–Crippen LogP) is 1.71. The van der Waals surface area contributed by atoms with E-state index in [4.69, 9.17) is 14.2 Å². The Morgan fingerprint density at radius 1 is 1.27 bits per heavy atom. The average Bonchev–Trinajstić information content (AvgIpc) is 2.74. The van der Waals surface area contributed by atoms with Gasteiger partial charge in [0.25, 0.3) is 5.91 Å². The summed E-state index contributed by atoms with van der Waals surface area (Å²) in [5.41, 5.74) is 5.64. The third kappa shape index (κ3) is 6.55. The van der Waals surface area contributed by atoms with Gasteiger partial charge in [-0.1, -0.05) is 29.8 Å². The van der Waals surface area contributed by atoms with Crippen LogP contribution in [0.2, 0.25) is 0 Å². The standard InChI is InChI=1S/C22H26BrN3O4/c1-16-3-5-17(6-4-16)15-30-22-19(23)11-18(12-20(22)28-2)13-24-25-21(27)14-26-7-9-29-10-8-26/h3-6,11-13H,7-10,14-15H2,1-2H3,(H,25,27)/p+1. The van der Waals surface area contributed by atoms with Gasteiger partial charge in [0.05, 0.1) is 31.0 Å². The molecule has 0 saturated carbocycles. The number of amides is 1. The fourth-order valence-electron chi connectivity index (χ4n) is 3.08. The number of halogens is 1.